The van der Waals surface area contributed by atoms with E-state index in [1.54, 1.807) is 0 Å². The molecule has 3 aromatic rings. The third-order valence-electron chi connectivity index (χ3n) is 5.77. The Bertz CT molecular complexity index is 1080. The van der Waals surface area contributed by atoms with Crippen molar-refractivity contribution in [3.8, 4) is 0 Å². The Morgan fingerprint density at radius 2 is 1.88 bits per heavy atom. The zero-order chi connectivity index (χ0) is 22.7. The van der Waals surface area contributed by atoms with E-state index in [1.807, 2.05) is 55.5 Å². The number of anilines is 1. The molecule has 1 N–H and O–H groups in total. The predicted octanol–water partition coefficient (Wildman–Crippen LogP) is 5.89. The number of rotatable bonds is 9. The Kier molecular flexibility index (Phi) is 6.95. The summed E-state index contributed by atoms with van der Waals surface area (Å²) in [5.74, 6) is 2.71. The lowest BCUT2D eigenvalue weighted by atomic mass is 10.1. The number of hydrogen-bond donors (Lipinski definition) is 1. The van der Waals surface area contributed by atoms with Crippen molar-refractivity contribution in [2.24, 2.45) is 5.92 Å². The lowest BCUT2D eigenvalue weighted by molar-refractivity contribution is -0.121. The van der Waals surface area contributed by atoms with E-state index in [0.717, 1.165) is 47.5 Å². The first-order chi connectivity index (χ1) is 15.4. The van der Waals surface area contributed by atoms with Gasteiger partial charge in [-0.15, -0.1) is 0 Å². The maximum absolute atomic E-state index is 12.8. The zero-order valence-corrected chi connectivity index (χ0v) is 19.8. The second-order valence-corrected chi connectivity index (χ2v) is 9.57. The van der Waals surface area contributed by atoms with Crippen molar-refractivity contribution in [2.75, 3.05) is 18.0 Å². The molecule has 1 aliphatic rings. The fourth-order valence-electron chi connectivity index (χ4n) is 3.97. The molecule has 168 valence electrons. The number of aromatic nitrogens is 2. The van der Waals surface area contributed by atoms with Crippen LogP contribution in [-0.2, 0) is 4.79 Å². The molecule has 2 aromatic carbocycles. The van der Waals surface area contributed by atoms with Crippen molar-refractivity contribution < 1.29 is 4.79 Å². The highest BCUT2D eigenvalue weighted by Crippen LogP contribution is 2.40. The van der Waals surface area contributed by atoms with Crippen molar-refractivity contribution in [3.63, 3.8) is 0 Å². The van der Waals surface area contributed by atoms with Crippen LogP contribution in [0.1, 0.15) is 63.4 Å². The van der Waals surface area contributed by atoms with Crippen LogP contribution in [-0.4, -0.2) is 29.0 Å². The Morgan fingerprint density at radius 3 is 2.56 bits per heavy atom. The average molecular weight is 451 g/mol. The number of nitrogens with zero attached hydrogens (tertiary/aromatic N) is 3. The third-order valence-corrected chi connectivity index (χ3v) is 6.00. The number of nitrogens with one attached hydrogen (secondary N) is 1. The lowest BCUT2D eigenvalue weighted by Crippen LogP contribution is -2.34. The number of carbonyl (C=O) groups excluding carboxylic acids is 1. The standard InChI is InChI=1S/C26H31ClN4O/c1-17(2)16-31(14-13-24(32)28-18(3)19-7-5-4-6-8-19)26-22-12-11-21(27)15-23(22)29-25(30-26)20-9-10-20/h4-8,11-12,15,17-18,20H,9-10,13-14,16H2,1-3H3,(H,28,32)/t18-/m1/s1. The minimum absolute atomic E-state index is 0.0225. The first kappa shape index (κ1) is 22.5. The monoisotopic (exact) mass is 450 g/mol. The van der Waals surface area contributed by atoms with Crippen LogP contribution in [0.2, 0.25) is 5.02 Å². The number of amides is 1. The molecule has 0 aliphatic heterocycles. The van der Waals surface area contributed by atoms with Gasteiger partial charge in [-0.1, -0.05) is 55.8 Å². The molecule has 5 nitrogen and oxygen atoms in total. The molecule has 4 rings (SSSR count). The molecule has 0 radical (unpaired) electrons. The highest BCUT2D eigenvalue weighted by Gasteiger charge is 2.28. The quantitative estimate of drug-likeness (QED) is 0.441. The third kappa shape index (κ3) is 5.57. The van der Waals surface area contributed by atoms with E-state index in [1.165, 1.54) is 0 Å². The molecule has 1 aromatic heterocycles. The number of hydrogen-bond acceptors (Lipinski definition) is 4. The van der Waals surface area contributed by atoms with Gasteiger partial charge in [0.15, 0.2) is 0 Å². The molecule has 0 unspecified atom stereocenters. The number of halogens is 1. The summed E-state index contributed by atoms with van der Waals surface area (Å²) in [6.45, 7) is 7.81. The van der Waals surface area contributed by atoms with Crippen LogP contribution in [0.5, 0.6) is 0 Å². The number of carbonyl (C=O) groups is 1. The van der Waals surface area contributed by atoms with Crippen LogP contribution in [0.15, 0.2) is 48.5 Å². The van der Waals surface area contributed by atoms with Crippen LogP contribution in [0, 0.1) is 5.92 Å². The van der Waals surface area contributed by atoms with Gasteiger partial charge in [-0.25, -0.2) is 9.97 Å². The highest BCUT2D eigenvalue weighted by molar-refractivity contribution is 6.31. The molecule has 32 heavy (non-hydrogen) atoms. The summed E-state index contributed by atoms with van der Waals surface area (Å²) in [6.07, 6.45) is 2.67. The van der Waals surface area contributed by atoms with E-state index in [2.05, 4.69) is 24.1 Å². The maximum atomic E-state index is 12.8. The number of fused-ring (bicyclic) bond motifs is 1. The molecule has 1 heterocycles. The van der Waals surface area contributed by atoms with E-state index < -0.39 is 0 Å². The summed E-state index contributed by atoms with van der Waals surface area (Å²) in [5, 5.41) is 4.78. The predicted molar refractivity (Wildman–Crippen MR) is 131 cm³/mol. The molecule has 0 saturated heterocycles. The Morgan fingerprint density at radius 1 is 1.12 bits per heavy atom. The highest BCUT2D eigenvalue weighted by atomic mass is 35.5. The van der Waals surface area contributed by atoms with Crippen molar-refractivity contribution in [1.82, 2.24) is 15.3 Å². The van der Waals surface area contributed by atoms with Crippen molar-refractivity contribution in [1.29, 1.82) is 0 Å². The molecule has 0 bridgehead atoms. The second kappa shape index (κ2) is 9.86. The molecule has 1 aliphatic carbocycles. The van der Waals surface area contributed by atoms with E-state index in [4.69, 9.17) is 21.6 Å². The largest absolute Gasteiger partial charge is 0.355 e. The molecule has 1 saturated carbocycles. The summed E-state index contributed by atoms with van der Waals surface area (Å²) >= 11 is 6.26. The summed E-state index contributed by atoms with van der Waals surface area (Å²) < 4.78 is 0. The van der Waals surface area contributed by atoms with Crippen molar-refractivity contribution in [2.45, 2.75) is 52.0 Å². The molecule has 1 atom stereocenters. The smallest absolute Gasteiger partial charge is 0.222 e. The van der Waals surface area contributed by atoms with Crippen molar-refractivity contribution >= 4 is 34.2 Å². The minimum atomic E-state index is -0.0225. The first-order valence-corrected chi connectivity index (χ1v) is 11.8. The summed E-state index contributed by atoms with van der Waals surface area (Å²) in [6, 6.07) is 15.8. The van der Waals surface area contributed by atoms with E-state index in [-0.39, 0.29) is 11.9 Å². The summed E-state index contributed by atoms with van der Waals surface area (Å²) in [4.78, 5) is 24.8. The number of benzene rings is 2. The minimum Gasteiger partial charge on any atom is -0.355 e. The van der Waals surface area contributed by atoms with Crippen LogP contribution in [0.4, 0.5) is 5.82 Å². The lowest BCUT2D eigenvalue weighted by Gasteiger charge is -2.27. The molecule has 1 amide bonds. The Balaban J connectivity index is 1.54. The van der Waals surface area contributed by atoms with Gasteiger partial charge in [-0.3, -0.25) is 4.79 Å². The van der Waals surface area contributed by atoms with Crippen molar-refractivity contribution in [3.05, 3.63) is 64.9 Å². The average Bonchev–Trinajstić information content (AvgIpc) is 3.61. The topological polar surface area (TPSA) is 58.1 Å². The SMILES string of the molecule is CC(C)CN(CCC(=O)N[C@H](C)c1ccccc1)c1nc(C2CC2)nc2cc(Cl)ccc12. The normalized spacial score (nSPS) is 14.5. The first-order valence-electron chi connectivity index (χ1n) is 11.5. The van der Waals surface area contributed by atoms with Crippen LogP contribution >= 0.6 is 11.6 Å². The molecule has 1 fully saturated rings. The van der Waals surface area contributed by atoms with Gasteiger partial charge in [0.25, 0.3) is 0 Å². The van der Waals surface area contributed by atoms with Crippen LogP contribution in [0.3, 0.4) is 0 Å². The fraction of sp³-hybridized carbons (Fsp3) is 0.423. The Hall–Kier alpha value is -2.66. The van der Waals surface area contributed by atoms with Gasteiger partial charge in [0.05, 0.1) is 11.6 Å². The van der Waals surface area contributed by atoms with Gasteiger partial charge in [0, 0.05) is 35.8 Å². The van der Waals surface area contributed by atoms with Gasteiger partial charge < -0.3 is 10.2 Å². The van der Waals surface area contributed by atoms with Gasteiger partial charge in [0.1, 0.15) is 11.6 Å². The molecular formula is C26H31ClN4O. The van der Waals surface area contributed by atoms with E-state index >= 15 is 0 Å². The zero-order valence-electron chi connectivity index (χ0n) is 19.0. The van der Waals surface area contributed by atoms with Gasteiger partial charge >= 0.3 is 0 Å². The van der Waals surface area contributed by atoms with Crippen LogP contribution < -0.4 is 10.2 Å². The fourth-order valence-corrected chi connectivity index (χ4v) is 4.13. The molecule has 6 heteroatoms. The van der Waals surface area contributed by atoms with Gasteiger partial charge in [0.2, 0.25) is 5.91 Å². The molecule has 0 spiro atoms. The molecular weight excluding hydrogens is 420 g/mol. The van der Waals surface area contributed by atoms with Crippen LogP contribution in [0.25, 0.3) is 10.9 Å². The summed E-state index contributed by atoms with van der Waals surface area (Å²) in [5.41, 5.74) is 1.98. The van der Waals surface area contributed by atoms with Gasteiger partial charge in [-0.2, -0.15) is 0 Å². The Labute approximate surface area is 195 Å². The van der Waals surface area contributed by atoms with Gasteiger partial charge in [-0.05, 0) is 49.4 Å². The van der Waals surface area contributed by atoms with E-state index in [0.29, 0.717) is 29.8 Å². The van der Waals surface area contributed by atoms with E-state index in [9.17, 15) is 4.79 Å². The summed E-state index contributed by atoms with van der Waals surface area (Å²) in [7, 11) is 0. The maximum Gasteiger partial charge on any atom is 0.222 e. The second-order valence-electron chi connectivity index (χ2n) is 9.13.